The molecule has 40 heavy (non-hydrogen) atoms. The fraction of sp³-hybridized carbons (Fsp3) is 0.179. The molecule has 0 spiro atoms. The molecule has 9 nitrogen and oxygen atoms in total. The standard InChI is InChI=1S/C28H24F2N6O3S/c1-18-4-13-23(39-18)27-32-34-36(33-27)17-25(37)35(16-20-7-11-22(30)12-8-20)26(24-3-2-14-40-24)28(38)31-15-19-5-9-21(29)10-6-19/h2-14,26H,15-17H2,1H3,(H,31,38)/t26-/m0/s1. The molecule has 0 bridgehead atoms. The maximum atomic E-state index is 13.8. The van der Waals surface area contributed by atoms with Crippen LogP contribution < -0.4 is 5.32 Å². The summed E-state index contributed by atoms with van der Waals surface area (Å²) in [5.74, 6) is -0.373. The second-order valence-electron chi connectivity index (χ2n) is 8.96. The van der Waals surface area contributed by atoms with Gasteiger partial charge in [-0.3, -0.25) is 9.59 Å². The number of hydrogen-bond acceptors (Lipinski definition) is 7. The summed E-state index contributed by atoms with van der Waals surface area (Å²) in [6, 6.07) is 17.5. The van der Waals surface area contributed by atoms with E-state index < -0.39 is 23.7 Å². The van der Waals surface area contributed by atoms with Gasteiger partial charge in [-0.25, -0.2) is 8.78 Å². The normalized spacial score (nSPS) is 11.8. The smallest absolute Gasteiger partial charge is 0.248 e. The quantitative estimate of drug-likeness (QED) is 0.265. The van der Waals surface area contributed by atoms with Crippen LogP contribution in [0.5, 0.6) is 0 Å². The second-order valence-corrected chi connectivity index (χ2v) is 9.94. The lowest BCUT2D eigenvalue weighted by Crippen LogP contribution is -2.44. The average Bonchev–Trinajstić information content (AvgIpc) is 3.72. The van der Waals surface area contributed by atoms with Gasteiger partial charge in [-0.05, 0) is 71.1 Å². The number of aromatic nitrogens is 4. The Balaban J connectivity index is 1.42. The van der Waals surface area contributed by atoms with Crippen molar-refractivity contribution in [3.8, 4) is 11.6 Å². The Morgan fingerprint density at radius 3 is 2.33 bits per heavy atom. The van der Waals surface area contributed by atoms with Crippen molar-refractivity contribution in [2.75, 3.05) is 0 Å². The van der Waals surface area contributed by atoms with Gasteiger partial charge in [-0.1, -0.05) is 30.3 Å². The molecular formula is C28H24F2N6O3S. The second kappa shape index (κ2) is 12.0. The van der Waals surface area contributed by atoms with Crippen LogP contribution in [0.2, 0.25) is 0 Å². The van der Waals surface area contributed by atoms with Gasteiger partial charge in [0, 0.05) is 18.0 Å². The lowest BCUT2D eigenvalue weighted by atomic mass is 10.1. The van der Waals surface area contributed by atoms with Crippen LogP contribution in [0.1, 0.15) is 27.8 Å². The number of furan rings is 1. The molecular weight excluding hydrogens is 538 g/mol. The summed E-state index contributed by atoms with van der Waals surface area (Å²) in [4.78, 5) is 30.6. The number of thiophene rings is 1. The van der Waals surface area contributed by atoms with E-state index >= 15 is 0 Å². The molecule has 5 rings (SSSR count). The lowest BCUT2D eigenvalue weighted by molar-refractivity contribution is -0.142. The molecule has 1 atom stereocenters. The van der Waals surface area contributed by atoms with Crippen LogP contribution in [0.3, 0.4) is 0 Å². The number of nitrogens with zero attached hydrogens (tertiary/aromatic N) is 5. The van der Waals surface area contributed by atoms with Gasteiger partial charge < -0.3 is 14.6 Å². The van der Waals surface area contributed by atoms with Crippen LogP contribution in [0.4, 0.5) is 8.78 Å². The first kappa shape index (κ1) is 26.9. The molecule has 0 fully saturated rings. The van der Waals surface area contributed by atoms with Crippen molar-refractivity contribution in [3.05, 3.63) is 112 Å². The highest BCUT2D eigenvalue weighted by Crippen LogP contribution is 2.28. The van der Waals surface area contributed by atoms with E-state index in [9.17, 15) is 18.4 Å². The van der Waals surface area contributed by atoms with Crippen LogP contribution >= 0.6 is 11.3 Å². The van der Waals surface area contributed by atoms with Gasteiger partial charge >= 0.3 is 0 Å². The molecule has 0 radical (unpaired) electrons. The molecule has 204 valence electrons. The molecule has 1 N–H and O–H groups in total. The third-order valence-corrected chi connectivity index (χ3v) is 6.95. The van der Waals surface area contributed by atoms with E-state index in [4.69, 9.17) is 4.42 Å². The highest BCUT2D eigenvalue weighted by molar-refractivity contribution is 7.10. The summed E-state index contributed by atoms with van der Waals surface area (Å²) in [7, 11) is 0. The predicted octanol–water partition coefficient (Wildman–Crippen LogP) is 4.67. The number of tetrazole rings is 1. The summed E-state index contributed by atoms with van der Waals surface area (Å²) >= 11 is 1.32. The van der Waals surface area contributed by atoms with Crippen LogP contribution in [0.15, 0.2) is 82.6 Å². The largest absolute Gasteiger partial charge is 0.458 e. The first-order chi connectivity index (χ1) is 19.4. The molecule has 3 heterocycles. The summed E-state index contributed by atoms with van der Waals surface area (Å²) in [6.07, 6.45) is 0. The Labute approximate surface area is 232 Å². The molecule has 0 saturated carbocycles. The molecule has 0 aliphatic rings. The molecule has 0 aliphatic heterocycles. The zero-order valence-corrected chi connectivity index (χ0v) is 22.1. The first-order valence-corrected chi connectivity index (χ1v) is 13.2. The number of aryl methyl sites for hydroxylation is 1. The number of amides is 2. The van der Waals surface area contributed by atoms with E-state index in [0.29, 0.717) is 27.5 Å². The third kappa shape index (κ3) is 6.46. The van der Waals surface area contributed by atoms with Gasteiger partial charge in [0.1, 0.15) is 30.0 Å². The van der Waals surface area contributed by atoms with Crippen molar-refractivity contribution in [2.24, 2.45) is 0 Å². The monoisotopic (exact) mass is 562 g/mol. The van der Waals surface area contributed by atoms with Crippen molar-refractivity contribution >= 4 is 23.2 Å². The molecule has 3 aromatic heterocycles. The Morgan fingerprint density at radius 1 is 1.00 bits per heavy atom. The summed E-state index contributed by atoms with van der Waals surface area (Å²) in [5, 5.41) is 16.9. The van der Waals surface area contributed by atoms with Crippen LogP contribution in [0, 0.1) is 18.6 Å². The first-order valence-electron chi connectivity index (χ1n) is 12.3. The Bertz CT molecular complexity index is 1580. The number of hydrogen-bond donors (Lipinski definition) is 1. The Kier molecular flexibility index (Phi) is 8.06. The van der Waals surface area contributed by atoms with Gasteiger partial charge in [0.25, 0.3) is 0 Å². The minimum Gasteiger partial charge on any atom is -0.458 e. The average molecular weight is 563 g/mol. The van der Waals surface area contributed by atoms with Crippen molar-refractivity contribution in [3.63, 3.8) is 0 Å². The zero-order valence-electron chi connectivity index (χ0n) is 21.3. The molecule has 0 aliphatic carbocycles. The zero-order chi connectivity index (χ0) is 28.1. The van der Waals surface area contributed by atoms with Gasteiger partial charge in [0.05, 0.1) is 0 Å². The fourth-order valence-electron chi connectivity index (χ4n) is 4.04. The molecule has 5 aromatic rings. The van der Waals surface area contributed by atoms with Crippen LogP contribution in [-0.4, -0.2) is 36.9 Å². The van der Waals surface area contributed by atoms with Crippen LogP contribution in [0.25, 0.3) is 11.6 Å². The predicted molar refractivity (Wildman–Crippen MR) is 143 cm³/mol. The number of rotatable bonds is 10. The van der Waals surface area contributed by atoms with Crippen molar-refractivity contribution < 1.29 is 22.8 Å². The minimum absolute atomic E-state index is 0.0184. The minimum atomic E-state index is -1.01. The molecule has 0 saturated heterocycles. The molecule has 2 aromatic carbocycles. The number of benzene rings is 2. The van der Waals surface area contributed by atoms with Crippen LogP contribution in [-0.2, 0) is 29.2 Å². The van der Waals surface area contributed by atoms with Crippen molar-refractivity contribution in [1.82, 2.24) is 30.4 Å². The maximum Gasteiger partial charge on any atom is 0.248 e. The van der Waals surface area contributed by atoms with E-state index in [1.807, 2.05) is 5.38 Å². The highest BCUT2D eigenvalue weighted by Gasteiger charge is 2.33. The summed E-state index contributed by atoms with van der Waals surface area (Å²) in [5.41, 5.74) is 1.32. The van der Waals surface area contributed by atoms with Crippen molar-refractivity contribution in [2.45, 2.75) is 32.6 Å². The van der Waals surface area contributed by atoms with E-state index in [2.05, 4.69) is 20.7 Å². The third-order valence-electron chi connectivity index (χ3n) is 6.03. The van der Waals surface area contributed by atoms with Gasteiger partial charge in [0.2, 0.25) is 17.6 Å². The lowest BCUT2D eigenvalue weighted by Gasteiger charge is -2.30. The van der Waals surface area contributed by atoms with E-state index in [-0.39, 0.29) is 31.3 Å². The molecule has 0 unspecified atom stereocenters. The summed E-state index contributed by atoms with van der Waals surface area (Å²) in [6.45, 7) is 1.64. The van der Waals surface area contributed by atoms with E-state index in [0.717, 1.165) is 4.80 Å². The van der Waals surface area contributed by atoms with Gasteiger partial charge in [0.15, 0.2) is 5.76 Å². The van der Waals surface area contributed by atoms with Gasteiger partial charge in [-0.2, -0.15) is 4.80 Å². The SMILES string of the molecule is Cc1ccc(-c2nnn(CC(=O)N(Cc3ccc(F)cc3)[C@H](C(=O)NCc3ccc(F)cc3)c3cccs3)n2)o1. The topological polar surface area (TPSA) is 106 Å². The number of carbonyl (C=O) groups excluding carboxylic acids is 2. The Hall–Kier alpha value is -4.71. The van der Waals surface area contributed by atoms with E-state index in [1.54, 1.807) is 55.5 Å². The number of carbonyl (C=O) groups is 2. The van der Waals surface area contributed by atoms with E-state index in [1.165, 1.54) is 40.5 Å². The molecule has 2 amide bonds. The number of halogens is 2. The van der Waals surface area contributed by atoms with Crippen molar-refractivity contribution in [1.29, 1.82) is 0 Å². The Morgan fingerprint density at radius 2 is 1.70 bits per heavy atom. The highest BCUT2D eigenvalue weighted by atomic mass is 32.1. The summed E-state index contributed by atoms with van der Waals surface area (Å²) < 4.78 is 32.5. The van der Waals surface area contributed by atoms with Gasteiger partial charge in [-0.15, -0.1) is 21.5 Å². The number of nitrogens with one attached hydrogen (secondary N) is 1. The molecule has 12 heteroatoms. The maximum absolute atomic E-state index is 13.8. The fourth-order valence-corrected chi connectivity index (χ4v) is 4.88.